The Hall–Kier alpha value is -1.22. The molecule has 3 unspecified atom stereocenters. The molecule has 1 aromatic rings. The number of hydrogen-bond acceptors (Lipinski definition) is 3. The summed E-state index contributed by atoms with van der Waals surface area (Å²) in [5.41, 5.74) is 0.723. The van der Waals surface area contributed by atoms with E-state index in [0.29, 0.717) is 5.92 Å². The number of rotatable bonds is 1. The Bertz CT molecular complexity index is 471. The topological polar surface area (TPSA) is 38.7 Å². The standard InChI is InChI=1S/C16H22O3/c1-11-4-3-7-16(9-11)10-14(17)13-6-5-12(18-2)8-15(13)19-16/h5-6,8,11,14,17H,3-4,7,9-10H2,1-2H3. The third-order valence-corrected chi connectivity index (χ3v) is 4.52. The number of aliphatic hydroxyl groups is 1. The van der Waals surface area contributed by atoms with Gasteiger partial charge in [-0.25, -0.2) is 0 Å². The summed E-state index contributed by atoms with van der Waals surface area (Å²) in [7, 11) is 1.65. The van der Waals surface area contributed by atoms with Gasteiger partial charge in [0.15, 0.2) is 0 Å². The number of methoxy groups -OCH3 is 1. The smallest absolute Gasteiger partial charge is 0.129 e. The van der Waals surface area contributed by atoms with Crippen LogP contribution in [-0.2, 0) is 0 Å². The van der Waals surface area contributed by atoms with Crippen LogP contribution in [0.4, 0.5) is 0 Å². The second-order valence-electron chi connectivity index (χ2n) is 6.11. The van der Waals surface area contributed by atoms with Crippen LogP contribution in [0.1, 0.15) is 50.7 Å². The second kappa shape index (κ2) is 4.71. The molecule has 1 heterocycles. The normalized spacial score (nSPS) is 33.6. The molecule has 3 nitrogen and oxygen atoms in total. The van der Waals surface area contributed by atoms with Crippen molar-refractivity contribution in [2.45, 2.75) is 50.7 Å². The van der Waals surface area contributed by atoms with Crippen LogP contribution >= 0.6 is 0 Å². The Kier molecular flexibility index (Phi) is 3.17. The second-order valence-corrected chi connectivity index (χ2v) is 6.11. The highest BCUT2D eigenvalue weighted by atomic mass is 16.5. The van der Waals surface area contributed by atoms with E-state index in [4.69, 9.17) is 9.47 Å². The summed E-state index contributed by atoms with van der Waals surface area (Å²) in [6.45, 7) is 2.28. The van der Waals surface area contributed by atoms with E-state index in [1.165, 1.54) is 12.8 Å². The molecule has 1 aliphatic carbocycles. The Balaban J connectivity index is 1.93. The van der Waals surface area contributed by atoms with Crippen molar-refractivity contribution in [1.82, 2.24) is 0 Å². The third kappa shape index (κ3) is 2.32. The number of ether oxygens (including phenoxy) is 2. The molecule has 1 aliphatic heterocycles. The molecule has 19 heavy (non-hydrogen) atoms. The van der Waals surface area contributed by atoms with Crippen LogP contribution in [0.5, 0.6) is 11.5 Å². The molecule has 1 fully saturated rings. The molecule has 3 rings (SSSR count). The average molecular weight is 262 g/mol. The predicted molar refractivity (Wildman–Crippen MR) is 73.6 cm³/mol. The van der Waals surface area contributed by atoms with Gasteiger partial charge >= 0.3 is 0 Å². The van der Waals surface area contributed by atoms with E-state index < -0.39 is 6.10 Å². The SMILES string of the molecule is COc1ccc2c(c1)OC1(CCCC(C)C1)CC2O. The highest BCUT2D eigenvalue weighted by Crippen LogP contribution is 2.48. The van der Waals surface area contributed by atoms with Gasteiger partial charge in [-0.1, -0.05) is 13.3 Å². The van der Waals surface area contributed by atoms with Gasteiger partial charge in [0.05, 0.1) is 13.2 Å². The molecular weight excluding hydrogens is 240 g/mol. The third-order valence-electron chi connectivity index (χ3n) is 4.52. The molecule has 1 aromatic carbocycles. The van der Waals surface area contributed by atoms with E-state index in [1.807, 2.05) is 18.2 Å². The summed E-state index contributed by atoms with van der Waals surface area (Å²) in [5, 5.41) is 10.4. The van der Waals surface area contributed by atoms with Gasteiger partial charge in [0, 0.05) is 18.1 Å². The van der Waals surface area contributed by atoms with E-state index >= 15 is 0 Å². The van der Waals surface area contributed by atoms with Crippen LogP contribution in [0, 0.1) is 5.92 Å². The summed E-state index contributed by atoms with van der Waals surface area (Å²) in [6.07, 6.45) is 4.85. The molecule has 1 spiro atoms. The minimum atomic E-state index is -0.417. The number of benzene rings is 1. The fraction of sp³-hybridized carbons (Fsp3) is 0.625. The van der Waals surface area contributed by atoms with E-state index in [2.05, 4.69) is 6.92 Å². The molecular formula is C16H22O3. The van der Waals surface area contributed by atoms with Crippen molar-refractivity contribution in [3.05, 3.63) is 23.8 Å². The molecule has 0 saturated heterocycles. The van der Waals surface area contributed by atoms with E-state index in [9.17, 15) is 5.11 Å². The van der Waals surface area contributed by atoms with Crippen molar-refractivity contribution in [1.29, 1.82) is 0 Å². The van der Waals surface area contributed by atoms with Crippen molar-refractivity contribution < 1.29 is 14.6 Å². The largest absolute Gasteiger partial charge is 0.497 e. The molecule has 104 valence electrons. The van der Waals surface area contributed by atoms with Crippen LogP contribution in [-0.4, -0.2) is 17.8 Å². The fourth-order valence-electron chi connectivity index (χ4n) is 3.63. The molecule has 0 radical (unpaired) electrons. The molecule has 1 N–H and O–H groups in total. The Morgan fingerprint density at radius 2 is 2.21 bits per heavy atom. The maximum Gasteiger partial charge on any atom is 0.129 e. The zero-order valence-corrected chi connectivity index (χ0v) is 11.7. The summed E-state index contributed by atoms with van der Waals surface area (Å²) in [5.74, 6) is 2.26. The molecule has 3 atom stereocenters. The first-order chi connectivity index (χ1) is 9.12. The van der Waals surface area contributed by atoms with Crippen LogP contribution in [0.15, 0.2) is 18.2 Å². The first-order valence-corrected chi connectivity index (χ1v) is 7.17. The fourth-order valence-corrected chi connectivity index (χ4v) is 3.63. The molecule has 0 bridgehead atoms. The van der Waals surface area contributed by atoms with Crippen molar-refractivity contribution >= 4 is 0 Å². The van der Waals surface area contributed by atoms with Crippen molar-refractivity contribution in [3.8, 4) is 11.5 Å². The molecule has 1 saturated carbocycles. The van der Waals surface area contributed by atoms with Gasteiger partial charge in [-0.15, -0.1) is 0 Å². The minimum absolute atomic E-state index is 0.170. The highest BCUT2D eigenvalue weighted by molar-refractivity contribution is 5.44. The predicted octanol–water partition coefficient (Wildman–Crippen LogP) is 3.46. The number of aliphatic hydroxyl groups excluding tert-OH is 1. The Morgan fingerprint density at radius 1 is 1.37 bits per heavy atom. The zero-order valence-electron chi connectivity index (χ0n) is 11.7. The van der Waals surface area contributed by atoms with Gasteiger partial charge in [0.1, 0.15) is 17.1 Å². The lowest BCUT2D eigenvalue weighted by molar-refractivity contribution is -0.0497. The van der Waals surface area contributed by atoms with Gasteiger partial charge in [0.2, 0.25) is 0 Å². The monoisotopic (exact) mass is 262 g/mol. The first-order valence-electron chi connectivity index (χ1n) is 7.17. The van der Waals surface area contributed by atoms with Gasteiger partial charge in [-0.3, -0.25) is 0 Å². The Labute approximate surface area is 114 Å². The Morgan fingerprint density at radius 3 is 2.95 bits per heavy atom. The van der Waals surface area contributed by atoms with Crippen molar-refractivity contribution in [2.75, 3.05) is 7.11 Å². The summed E-state index contributed by atoms with van der Waals surface area (Å²) >= 11 is 0. The minimum Gasteiger partial charge on any atom is -0.497 e. The van der Waals surface area contributed by atoms with Crippen LogP contribution in [0.3, 0.4) is 0 Å². The van der Waals surface area contributed by atoms with Gasteiger partial charge in [-0.05, 0) is 37.3 Å². The molecule has 3 heteroatoms. The van der Waals surface area contributed by atoms with E-state index in [-0.39, 0.29) is 5.60 Å². The van der Waals surface area contributed by atoms with Gasteiger partial charge < -0.3 is 14.6 Å². The van der Waals surface area contributed by atoms with Gasteiger partial charge in [0.25, 0.3) is 0 Å². The lowest BCUT2D eigenvalue weighted by Crippen LogP contribution is -2.44. The number of hydrogen-bond donors (Lipinski definition) is 1. The maximum atomic E-state index is 10.4. The lowest BCUT2D eigenvalue weighted by atomic mass is 9.74. The van der Waals surface area contributed by atoms with Crippen LogP contribution in [0.2, 0.25) is 0 Å². The summed E-state index contributed by atoms with van der Waals surface area (Å²) in [6, 6.07) is 5.70. The highest BCUT2D eigenvalue weighted by Gasteiger charge is 2.43. The van der Waals surface area contributed by atoms with Gasteiger partial charge in [-0.2, -0.15) is 0 Å². The lowest BCUT2D eigenvalue weighted by Gasteiger charge is -2.45. The molecule has 0 aromatic heterocycles. The van der Waals surface area contributed by atoms with Crippen LogP contribution < -0.4 is 9.47 Å². The average Bonchev–Trinajstić information content (AvgIpc) is 2.37. The number of fused-ring (bicyclic) bond motifs is 1. The zero-order chi connectivity index (χ0) is 13.5. The summed E-state index contributed by atoms with van der Waals surface area (Å²) < 4.78 is 11.6. The van der Waals surface area contributed by atoms with E-state index in [0.717, 1.165) is 36.3 Å². The van der Waals surface area contributed by atoms with Crippen molar-refractivity contribution in [2.24, 2.45) is 5.92 Å². The van der Waals surface area contributed by atoms with Crippen LogP contribution in [0.25, 0.3) is 0 Å². The quantitative estimate of drug-likeness (QED) is 0.842. The molecule has 2 aliphatic rings. The summed E-state index contributed by atoms with van der Waals surface area (Å²) in [4.78, 5) is 0. The molecule has 0 amide bonds. The first kappa shape index (κ1) is 12.8. The van der Waals surface area contributed by atoms with E-state index in [1.54, 1.807) is 7.11 Å². The van der Waals surface area contributed by atoms with Crippen molar-refractivity contribution in [3.63, 3.8) is 0 Å². The maximum absolute atomic E-state index is 10.4.